The third-order valence-corrected chi connectivity index (χ3v) is 6.24. The zero-order valence-corrected chi connectivity index (χ0v) is 17.4. The molecule has 158 valence electrons. The maximum atomic E-state index is 12.3. The van der Waals surface area contributed by atoms with Gasteiger partial charge >= 0.3 is 0 Å². The molecule has 1 fully saturated rings. The number of sulfonamides is 1. The molecule has 0 unspecified atom stereocenters. The number of piperidine rings is 1. The second-order valence-electron chi connectivity index (χ2n) is 6.62. The van der Waals surface area contributed by atoms with Crippen LogP contribution in [0.2, 0.25) is 0 Å². The predicted molar refractivity (Wildman–Crippen MR) is 108 cm³/mol. The summed E-state index contributed by atoms with van der Waals surface area (Å²) < 4.78 is 26.8. The van der Waals surface area contributed by atoms with E-state index in [2.05, 4.69) is 10.0 Å². The number of nitro groups is 1. The second-order valence-corrected chi connectivity index (χ2v) is 8.38. The minimum absolute atomic E-state index is 0. The summed E-state index contributed by atoms with van der Waals surface area (Å²) in [7, 11) is -1.87. The maximum Gasteiger partial charge on any atom is 0.269 e. The molecule has 0 spiro atoms. The van der Waals surface area contributed by atoms with Gasteiger partial charge in [0.1, 0.15) is 0 Å². The average Bonchev–Trinajstić information content (AvgIpc) is 2.66. The van der Waals surface area contributed by atoms with Crippen molar-refractivity contribution in [1.29, 1.82) is 0 Å². The van der Waals surface area contributed by atoms with Crippen molar-refractivity contribution in [3.8, 4) is 0 Å². The quantitative estimate of drug-likeness (QED) is 0.449. The zero-order valence-electron chi connectivity index (χ0n) is 15.8. The molecule has 2 rings (SSSR count). The lowest BCUT2D eigenvalue weighted by molar-refractivity contribution is -0.384. The van der Waals surface area contributed by atoms with Gasteiger partial charge in [0.05, 0.1) is 9.82 Å². The molecular formula is C17H27ClN4O5S. The Morgan fingerprint density at radius 3 is 2.36 bits per heavy atom. The number of nitrogens with one attached hydrogen (secondary N) is 2. The number of carbonyl (C=O) groups is 1. The molecule has 1 aliphatic rings. The molecule has 1 heterocycles. The number of nitrogens with zero attached hydrogens (tertiary/aromatic N) is 2. The Bertz CT molecular complexity index is 749. The number of amides is 1. The smallest absolute Gasteiger partial charge is 0.269 e. The molecule has 0 radical (unpaired) electrons. The SMILES string of the molecule is CNCCC1CCN(C(=O)CCNS(=O)(=O)c2ccc([N+](=O)[O-])cc2)CC1.Cl. The number of carbonyl (C=O) groups excluding carboxylic acids is 1. The fraction of sp³-hybridized carbons (Fsp3) is 0.588. The number of hydrogen-bond donors (Lipinski definition) is 2. The summed E-state index contributed by atoms with van der Waals surface area (Å²) in [5, 5.41) is 13.8. The van der Waals surface area contributed by atoms with Gasteiger partial charge in [-0.3, -0.25) is 14.9 Å². The summed E-state index contributed by atoms with van der Waals surface area (Å²) in [5.41, 5.74) is -0.178. The van der Waals surface area contributed by atoms with Crippen LogP contribution < -0.4 is 10.0 Å². The summed E-state index contributed by atoms with van der Waals surface area (Å²) >= 11 is 0. The Morgan fingerprint density at radius 2 is 1.82 bits per heavy atom. The molecule has 2 N–H and O–H groups in total. The van der Waals surface area contributed by atoms with Crippen LogP contribution in [0.25, 0.3) is 0 Å². The third kappa shape index (κ3) is 7.01. The highest BCUT2D eigenvalue weighted by Gasteiger charge is 2.23. The van der Waals surface area contributed by atoms with Crippen LogP contribution in [0, 0.1) is 16.0 Å². The molecule has 0 atom stereocenters. The molecule has 9 nitrogen and oxygen atoms in total. The predicted octanol–water partition coefficient (Wildman–Crippen LogP) is 1.53. The lowest BCUT2D eigenvalue weighted by atomic mass is 9.93. The summed E-state index contributed by atoms with van der Waals surface area (Å²) in [6, 6.07) is 4.63. The van der Waals surface area contributed by atoms with Crippen LogP contribution in [0.4, 0.5) is 5.69 Å². The lowest BCUT2D eigenvalue weighted by Gasteiger charge is -2.32. The van der Waals surface area contributed by atoms with E-state index in [9.17, 15) is 23.3 Å². The van der Waals surface area contributed by atoms with Crippen molar-refractivity contribution in [2.45, 2.75) is 30.6 Å². The summed E-state index contributed by atoms with van der Waals surface area (Å²) in [5.74, 6) is 0.565. The minimum atomic E-state index is -3.80. The highest BCUT2D eigenvalue weighted by molar-refractivity contribution is 7.89. The zero-order chi connectivity index (χ0) is 19.9. The van der Waals surface area contributed by atoms with E-state index >= 15 is 0 Å². The van der Waals surface area contributed by atoms with Crippen molar-refractivity contribution < 1.29 is 18.1 Å². The van der Waals surface area contributed by atoms with Crippen LogP contribution in [-0.2, 0) is 14.8 Å². The number of hydrogen-bond acceptors (Lipinski definition) is 6. The van der Waals surface area contributed by atoms with Gasteiger partial charge in [0, 0.05) is 38.2 Å². The largest absolute Gasteiger partial charge is 0.343 e. The number of non-ortho nitro benzene ring substituents is 1. The van der Waals surface area contributed by atoms with E-state index in [4.69, 9.17) is 0 Å². The number of rotatable bonds is 9. The third-order valence-electron chi connectivity index (χ3n) is 4.76. The highest BCUT2D eigenvalue weighted by Crippen LogP contribution is 2.20. The van der Waals surface area contributed by atoms with Crippen molar-refractivity contribution in [3.63, 3.8) is 0 Å². The molecule has 1 amide bonds. The van der Waals surface area contributed by atoms with E-state index in [-0.39, 0.29) is 41.9 Å². The number of halogens is 1. The topological polar surface area (TPSA) is 122 Å². The van der Waals surface area contributed by atoms with Crippen LogP contribution in [0.15, 0.2) is 29.2 Å². The number of benzene rings is 1. The fourth-order valence-electron chi connectivity index (χ4n) is 3.10. The van der Waals surface area contributed by atoms with Gasteiger partial charge in [-0.2, -0.15) is 0 Å². The van der Waals surface area contributed by atoms with Gasteiger partial charge in [0.15, 0.2) is 0 Å². The highest BCUT2D eigenvalue weighted by atomic mass is 35.5. The first-order chi connectivity index (χ1) is 12.8. The van der Waals surface area contributed by atoms with Crippen LogP contribution >= 0.6 is 12.4 Å². The molecule has 0 bridgehead atoms. The first-order valence-electron chi connectivity index (χ1n) is 9.00. The van der Waals surface area contributed by atoms with Crippen molar-refractivity contribution in [2.75, 3.05) is 33.2 Å². The van der Waals surface area contributed by atoms with Crippen LogP contribution in [0.1, 0.15) is 25.7 Å². The standard InChI is InChI=1S/C17H26N4O5S.ClH/c1-18-10-6-14-8-12-20(13-9-14)17(22)7-11-19-27(25,26)16-4-2-15(3-5-16)21(23)24;/h2-5,14,18-19H,6-13H2,1H3;1H. The van der Waals surface area contributed by atoms with Gasteiger partial charge in [-0.05, 0) is 50.9 Å². The Balaban J connectivity index is 0.00000392. The fourth-order valence-corrected chi connectivity index (χ4v) is 4.13. The molecule has 1 saturated heterocycles. The molecule has 28 heavy (non-hydrogen) atoms. The van der Waals surface area contributed by atoms with Crippen molar-refractivity contribution in [2.24, 2.45) is 5.92 Å². The number of nitro benzene ring substituents is 1. The monoisotopic (exact) mass is 434 g/mol. The average molecular weight is 435 g/mol. The van der Waals surface area contributed by atoms with Crippen LogP contribution in [0.5, 0.6) is 0 Å². The van der Waals surface area contributed by atoms with Crippen molar-refractivity contribution in [3.05, 3.63) is 34.4 Å². The summed E-state index contributed by atoms with van der Waals surface area (Å²) in [6.45, 7) is 2.39. The summed E-state index contributed by atoms with van der Waals surface area (Å²) in [6.07, 6.45) is 3.14. The normalized spacial score (nSPS) is 15.1. The molecule has 0 aliphatic carbocycles. The molecule has 1 aliphatic heterocycles. The maximum absolute atomic E-state index is 12.3. The summed E-state index contributed by atoms with van der Waals surface area (Å²) in [4.78, 5) is 24.0. The lowest BCUT2D eigenvalue weighted by Crippen LogP contribution is -2.40. The van der Waals surface area contributed by atoms with Crippen molar-refractivity contribution in [1.82, 2.24) is 14.9 Å². The van der Waals surface area contributed by atoms with Gasteiger partial charge in [-0.1, -0.05) is 0 Å². The second kappa shape index (κ2) is 11.3. The van der Waals surface area contributed by atoms with E-state index in [0.29, 0.717) is 19.0 Å². The van der Waals surface area contributed by atoms with Crippen LogP contribution in [-0.4, -0.2) is 57.4 Å². The Hall–Kier alpha value is -1.75. The molecule has 11 heteroatoms. The molecule has 0 saturated carbocycles. The first-order valence-corrected chi connectivity index (χ1v) is 10.5. The van der Waals surface area contributed by atoms with Crippen LogP contribution in [0.3, 0.4) is 0 Å². The Morgan fingerprint density at radius 1 is 1.21 bits per heavy atom. The Kier molecular flexibility index (Phi) is 9.80. The minimum Gasteiger partial charge on any atom is -0.343 e. The molecular weight excluding hydrogens is 408 g/mol. The van der Waals surface area contributed by atoms with Gasteiger partial charge in [0.25, 0.3) is 5.69 Å². The first kappa shape index (κ1) is 24.3. The van der Waals surface area contributed by atoms with Gasteiger partial charge < -0.3 is 10.2 Å². The number of likely N-dealkylation sites (tertiary alicyclic amines) is 1. The Labute approximate surface area is 171 Å². The van der Waals surface area contributed by atoms with E-state index < -0.39 is 14.9 Å². The van der Waals surface area contributed by atoms with Gasteiger partial charge in [-0.15, -0.1) is 12.4 Å². The van der Waals surface area contributed by atoms with E-state index in [1.807, 2.05) is 7.05 Å². The van der Waals surface area contributed by atoms with Gasteiger partial charge in [-0.25, -0.2) is 13.1 Å². The van der Waals surface area contributed by atoms with Crippen molar-refractivity contribution >= 4 is 34.0 Å². The van der Waals surface area contributed by atoms with Gasteiger partial charge in [0.2, 0.25) is 15.9 Å². The molecule has 0 aromatic heterocycles. The van der Waals surface area contributed by atoms with E-state index in [1.54, 1.807) is 4.90 Å². The molecule has 1 aromatic rings. The molecule has 1 aromatic carbocycles. The van der Waals surface area contributed by atoms with E-state index in [0.717, 1.165) is 37.9 Å². The van der Waals surface area contributed by atoms with E-state index in [1.165, 1.54) is 12.1 Å².